The van der Waals surface area contributed by atoms with Crippen molar-refractivity contribution in [3.63, 3.8) is 0 Å². The fourth-order valence-corrected chi connectivity index (χ4v) is 3.46. The zero-order chi connectivity index (χ0) is 18.5. The smallest absolute Gasteiger partial charge is 0.255 e. The summed E-state index contributed by atoms with van der Waals surface area (Å²) in [6.07, 6.45) is 0.704. The summed E-state index contributed by atoms with van der Waals surface area (Å²) in [6.45, 7) is 4.66. The molecule has 0 spiro atoms. The van der Waals surface area contributed by atoms with Crippen LogP contribution in [0, 0.1) is 18.3 Å². The molecule has 134 valence electrons. The Balaban J connectivity index is 1.60. The second-order valence-corrected chi connectivity index (χ2v) is 7.05. The summed E-state index contributed by atoms with van der Waals surface area (Å²) < 4.78 is 0. The summed E-state index contributed by atoms with van der Waals surface area (Å²) in [7, 11) is 0. The summed E-state index contributed by atoms with van der Waals surface area (Å²) in [5.41, 5.74) is 2.92. The number of hydrogen-bond donors (Lipinski definition) is 0. The molecule has 1 amide bonds. The van der Waals surface area contributed by atoms with Gasteiger partial charge >= 0.3 is 0 Å². The van der Waals surface area contributed by atoms with Crippen LogP contribution in [0.2, 0.25) is 5.02 Å². The molecule has 1 saturated heterocycles. The monoisotopic (exact) mass is 367 g/mol. The lowest BCUT2D eigenvalue weighted by atomic mass is 10.0. The average Bonchev–Trinajstić information content (AvgIpc) is 2.67. The molecule has 4 nitrogen and oxygen atoms in total. The van der Waals surface area contributed by atoms with Crippen molar-refractivity contribution in [2.24, 2.45) is 0 Å². The van der Waals surface area contributed by atoms with Gasteiger partial charge in [-0.25, -0.2) is 0 Å². The Hall–Kier alpha value is -2.35. The van der Waals surface area contributed by atoms with Gasteiger partial charge in [0.25, 0.3) is 5.91 Å². The fraction of sp³-hybridized carbons (Fsp3) is 0.333. The van der Waals surface area contributed by atoms with Crippen LogP contribution in [0.3, 0.4) is 0 Å². The summed E-state index contributed by atoms with van der Waals surface area (Å²) in [6, 6.07) is 17.7. The molecule has 0 N–H and O–H groups in total. The van der Waals surface area contributed by atoms with Gasteiger partial charge in [-0.2, -0.15) is 5.26 Å². The van der Waals surface area contributed by atoms with E-state index < -0.39 is 0 Å². The van der Waals surface area contributed by atoms with Crippen molar-refractivity contribution in [2.45, 2.75) is 19.4 Å². The maximum atomic E-state index is 12.6. The third-order valence-corrected chi connectivity index (χ3v) is 5.17. The number of amides is 1. The van der Waals surface area contributed by atoms with Gasteiger partial charge in [-0.1, -0.05) is 53.6 Å². The number of piperazine rings is 1. The summed E-state index contributed by atoms with van der Waals surface area (Å²) >= 11 is 6.14. The predicted molar refractivity (Wildman–Crippen MR) is 103 cm³/mol. The second-order valence-electron chi connectivity index (χ2n) is 6.64. The van der Waals surface area contributed by atoms with Gasteiger partial charge in [0, 0.05) is 32.6 Å². The second kappa shape index (κ2) is 8.35. The lowest BCUT2D eigenvalue weighted by molar-refractivity contribution is 0.0606. The molecule has 1 aliphatic rings. The third kappa shape index (κ3) is 4.24. The normalized spacial score (nSPS) is 16.1. The lowest BCUT2D eigenvalue weighted by Gasteiger charge is -2.37. The van der Waals surface area contributed by atoms with Crippen LogP contribution in [0.15, 0.2) is 48.5 Å². The van der Waals surface area contributed by atoms with Crippen LogP contribution < -0.4 is 0 Å². The van der Waals surface area contributed by atoms with Crippen molar-refractivity contribution in [1.29, 1.82) is 5.26 Å². The molecule has 0 bridgehead atoms. The van der Waals surface area contributed by atoms with Crippen LogP contribution in [-0.2, 0) is 6.42 Å². The first kappa shape index (κ1) is 18.4. The van der Waals surface area contributed by atoms with Crippen molar-refractivity contribution >= 4 is 17.5 Å². The van der Waals surface area contributed by atoms with Gasteiger partial charge in [0.05, 0.1) is 16.7 Å². The van der Waals surface area contributed by atoms with E-state index in [9.17, 15) is 10.1 Å². The minimum absolute atomic E-state index is 0.0395. The van der Waals surface area contributed by atoms with E-state index in [1.54, 1.807) is 12.1 Å². The molecule has 1 aliphatic heterocycles. The molecule has 0 aromatic heterocycles. The lowest BCUT2D eigenvalue weighted by Crippen LogP contribution is -2.52. The molecule has 26 heavy (non-hydrogen) atoms. The number of benzene rings is 2. The Bertz CT molecular complexity index is 805. The first-order chi connectivity index (χ1) is 12.6. The Morgan fingerprint density at radius 1 is 1.12 bits per heavy atom. The van der Waals surface area contributed by atoms with E-state index in [1.807, 2.05) is 17.0 Å². The van der Waals surface area contributed by atoms with E-state index in [-0.39, 0.29) is 11.9 Å². The number of aryl methyl sites for hydroxylation is 1. The van der Waals surface area contributed by atoms with E-state index in [2.05, 4.69) is 42.2 Å². The van der Waals surface area contributed by atoms with Gasteiger partial charge in [-0.3, -0.25) is 9.69 Å². The number of rotatable bonds is 4. The van der Waals surface area contributed by atoms with Crippen LogP contribution in [0.1, 0.15) is 21.5 Å². The van der Waals surface area contributed by atoms with Crippen LogP contribution >= 0.6 is 11.6 Å². The quantitative estimate of drug-likeness (QED) is 0.830. The van der Waals surface area contributed by atoms with E-state index in [4.69, 9.17) is 11.6 Å². The highest BCUT2D eigenvalue weighted by molar-refractivity contribution is 6.33. The molecule has 2 aromatic carbocycles. The van der Waals surface area contributed by atoms with Gasteiger partial charge in [0.2, 0.25) is 0 Å². The Kier molecular flexibility index (Phi) is 5.92. The highest BCUT2D eigenvalue weighted by atomic mass is 35.5. The Morgan fingerprint density at radius 2 is 1.77 bits per heavy atom. The molecule has 0 radical (unpaired) electrons. The van der Waals surface area contributed by atoms with Gasteiger partial charge in [0.15, 0.2) is 0 Å². The number of carbonyl (C=O) groups excluding carboxylic acids is 1. The van der Waals surface area contributed by atoms with Crippen molar-refractivity contribution in [1.82, 2.24) is 9.80 Å². The molecule has 1 heterocycles. The van der Waals surface area contributed by atoms with Gasteiger partial charge in [-0.05, 0) is 24.6 Å². The molecular formula is C21H22ClN3O. The molecule has 1 atom stereocenters. The summed E-state index contributed by atoms with van der Waals surface area (Å²) in [5.74, 6) is -0.0395. The largest absolute Gasteiger partial charge is 0.336 e. The molecule has 0 unspecified atom stereocenters. The standard InChI is InChI=1S/C21H22ClN3O/c1-16-6-8-17(9-7-16)14-18(15-23)24-10-12-25(13-11-24)21(26)19-4-2-3-5-20(19)22/h2-9,18H,10-14H2,1H3/t18-/m1/s1. The minimum atomic E-state index is -0.171. The molecule has 2 aromatic rings. The number of nitrogens with zero attached hydrogens (tertiary/aromatic N) is 3. The Labute approximate surface area is 159 Å². The molecule has 0 saturated carbocycles. The van der Waals surface area contributed by atoms with Gasteiger partial charge in [-0.15, -0.1) is 0 Å². The first-order valence-corrected chi connectivity index (χ1v) is 9.19. The fourth-order valence-electron chi connectivity index (χ4n) is 3.25. The van der Waals surface area contributed by atoms with E-state index in [1.165, 1.54) is 5.56 Å². The maximum Gasteiger partial charge on any atom is 0.255 e. The minimum Gasteiger partial charge on any atom is -0.336 e. The predicted octanol–water partition coefficient (Wildman–Crippen LogP) is 3.54. The third-order valence-electron chi connectivity index (χ3n) is 4.85. The Morgan fingerprint density at radius 3 is 2.38 bits per heavy atom. The first-order valence-electron chi connectivity index (χ1n) is 8.81. The molecule has 0 aliphatic carbocycles. The van der Waals surface area contributed by atoms with Crippen LogP contribution in [0.25, 0.3) is 0 Å². The SMILES string of the molecule is Cc1ccc(C[C@H](C#N)N2CCN(C(=O)c3ccccc3Cl)CC2)cc1. The number of carbonyl (C=O) groups is 1. The van der Waals surface area contributed by atoms with Crippen molar-refractivity contribution < 1.29 is 4.79 Å². The molecule has 3 rings (SSSR count). The van der Waals surface area contributed by atoms with Crippen LogP contribution in [0.5, 0.6) is 0 Å². The van der Waals surface area contributed by atoms with Gasteiger partial charge in [0.1, 0.15) is 6.04 Å². The van der Waals surface area contributed by atoms with E-state index in [0.29, 0.717) is 43.2 Å². The average molecular weight is 368 g/mol. The maximum absolute atomic E-state index is 12.6. The van der Waals surface area contributed by atoms with Crippen molar-refractivity contribution in [3.05, 3.63) is 70.2 Å². The van der Waals surface area contributed by atoms with Gasteiger partial charge < -0.3 is 4.90 Å². The van der Waals surface area contributed by atoms with E-state index >= 15 is 0 Å². The van der Waals surface area contributed by atoms with Crippen LogP contribution in [0.4, 0.5) is 0 Å². The number of halogens is 1. The highest BCUT2D eigenvalue weighted by Gasteiger charge is 2.27. The van der Waals surface area contributed by atoms with Crippen molar-refractivity contribution in [3.8, 4) is 6.07 Å². The van der Waals surface area contributed by atoms with E-state index in [0.717, 1.165) is 5.56 Å². The summed E-state index contributed by atoms with van der Waals surface area (Å²) in [5, 5.41) is 10.1. The zero-order valence-corrected chi connectivity index (χ0v) is 15.6. The molecular weight excluding hydrogens is 346 g/mol. The molecule has 1 fully saturated rings. The number of hydrogen-bond acceptors (Lipinski definition) is 3. The topological polar surface area (TPSA) is 47.3 Å². The number of nitriles is 1. The van der Waals surface area contributed by atoms with Crippen LogP contribution in [-0.4, -0.2) is 47.9 Å². The highest BCUT2D eigenvalue weighted by Crippen LogP contribution is 2.19. The summed E-state index contributed by atoms with van der Waals surface area (Å²) in [4.78, 5) is 16.6. The molecule has 5 heteroatoms. The van der Waals surface area contributed by atoms with Crippen molar-refractivity contribution in [2.75, 3.05) is 26.2 Å². The zero-order valence-electron chi connectivity index (χ0n) is 14.9.